The van der Waals surface area contributed by atoms with Crippen molar-refractivity contribution in [1.29, 1.82) is 0 Å². The molecule has 0 fully saturated rings. The molecule has 7 heteroatoms. The van der Waals surface area contributed by atoms with Crippen LogP contribution in [0.15, 0.2) is 72.8 Å². The number of hydrogen-bond donors (Lipinski definition) is 3. The zero-order chi connectivity index (χ0) is 24.7. The number of carbonyl (C=O) groups excluding carboxylic acids is 3. The van der Waals surface area contributed by atoms with Gasteiger partial charge in [0, 0.05) is 16.8 Å². The molecule has 0 bridgehead atoms. The second-order valence-electron chi connectivity index (χ2n) is 8.27. The number of nitrogens with one attached hydrogen (secondary N) is 3. The molecule has 0 spiro atoms. The lowest BCUT2D eigenvalue weighted by Gasteiger charge is -2.16. The van der Waals surface area contributed by atoms with Gasteiger partial charge in [0.25, 0.3) is 17.7 Å². The number of rotatable bonds is 7. The number of ether oxygens (including phenoxy) is 1. The summed E-state index contributed by atoms with van der Waals surface area (Å²) in [4.78, 5) is 37.1. The van der Waals surface area contributed by atoms with Crippen LogP contribution in [0.5, 0.6) is 5.75 Å². The molecule has 34 heavy (non-hydrogen) atoms. The Morgan fingerprint density at radius 2 is 1.41 bits per heavy atom. The number of aryl methyl sites for hydroxylation is 1. The van der Waals surface area contributed by atoms with E-state index in [4.69, 9.17) is 4.74 Å². The molecule has 176 valence electrons. The Bertz CT molecular complexity index is 1160. The summed E-state index contributed by atoms with van der Waals surface area (Å²) >= 11 is 0. The molecule has 0 aliphatic carbocycles. The summed E-state index contributed by atoms with van der Waals surface area (Å²) in [7, 11) is 0. The zero-order valence-corrected chi connectivity index (χ0v) is 19.7. The quantitative estimate of drug-likeness (QED) is 0.450. The minimum atomic E-state index is -0.802. The molecule has 0 saturated heterocycles. The van der Waals surface area contributed by atoms with Gasteiger partial charge in [-0.05, 0) is 73.4 Å². The molecule has 0 saturated carbocycles. The highest BCUT2D eigenvalue weighted by Gasteiger charge is 2.16. The highest BCUT2D eigenvalue weighted by Crippen LogP contribution is 2.19. The lowest BCUT2D eigenvalue weighted by Crippen LogP contribution is -2.47. The van der Waals surface area contributed by atoms with Crippen LogP contribution in [0, 0.1) is 6.92 Å². The van der Waals surface area contributed by atoms with Crippen molar-refractivity contribution in [2.45, 2.75) is 39.7 Å². The van der Waals surface area contributed by atoms with Crippen molar-refractivity contribution >= 4 is 23.4 Å². The molecule has 1 atom stereocenters. The fourth-order valence-corrected chi connectivity index (χ4v) is 3.21. The monoisotopic (exact) mass is 459 g/mol. The molecule has 3 aromatic rings. The number of anilines is 1. The first-order valence-electron chi connectivity index (χ1n) is 11.1. The van der Waals surface area contributed by atoms with Gasteiger partial charge >= 0.3 is 0 Å². The maximum atomic E-state index is 12.4. The second kappa shape index (κ2) is 11.1. The summed E-state index contributed by atoms with van der Waals surface area (Å²) < 4.78 is 5.64. The summed E-state index contributed by atoms with van der Waals surface area (Å²) in [5, 5.41) is 2.81. The average Bonchev–Trinajstić information content (AvgIpc) is 2.83. The third-order valence-corrected chi connectivity index (χ3v) is 5.32. The standard InChI is InChI=1S/C27H29N3O4/c1-17(2)20-11-15-23(16-12-20)34-19(4)25(31)29-30-26(32)21-9-13-22(14-10-21)28-27(33)24-8-6-5-7-18(24)3/h5-17,19H,1-4H3,(H,28,33)(H,29,31)(H,30,32). The number of benzene rings is 3. The number of hydrazine groups is 1. The van der Waals surface area contributed by atoms with Crippen molar-refractivity contribution in [3.05, 3.63) is 95.1 Å². The van der Waals surface area contributed by atoms with E-state index in [9.17, 15) is 14.4 Å². The molecule has 0 aromatic heterocycles. The van der Waals surface area contributed by atoms with Crippen molar-refractivity contribution in [2.24, 2.45) is 0 Å². The van der Waals surface area contributed by atoms with Gasteiger partial charge in [-0.1, -0.05) is 44.2 Å². The van der Waals surface area contributed by atoms with Gasteiger partial charge in [0.1, 0.15) is 5.75 Å². The Labute approximate surface area is 199 Å². The van der Waals surface area contributed by atoms with Crippen molar-refractivity contribution in [3.8, 4) is 5.75 Å². The number of carbonyl (C=O) groups is 3. The largest absolute Gasteiger partial charge is 0.481 e. The summed E-state index contributed by atoms with van der Waals surface area (Å²) in [5.41, 5.74) is 8.26. The Hall–Kier alpha value is -4.13. The smallest absolute Gasteiger partial charge is 0.279 e. The van der Waals surface area contributed by atoms with Crippen molar-refractivity contribution in [3.63, 3.8) is 0 Å². The molecule has 1 unspecified atom stereocenters. The molecule has 7 nitrogen and oxygen atoms in total. The molecule has 0 heterocycles. The van der Waals surface area contributed by atoms with E-state index in [2.05, 4.69) is 30.0 Å². The Kier molecular flexibility index (Phi) is 8.03. The molecule has 0 aliphatic rings. The molecule has 3 rings (SSSR count). The summed E-state index contributed by atoms with van der Waals surface area (Å²) in [6.07, 6.45) is -0.802. The minimum absolute atomic E-state index is 0.226. The van der Waals surface area contributed by atoms with Crippen LogP contribution in [0.2, 0.25) is 0 Å². The highest BCUT2D eigenvalue weighted by atomic mass is 16.5. The van der Waals surface area contributed by atoms with Crippen molar-refractivity contribution in [1.82, 2.24) is 10.9 Å². The highest BCUT2D eigenvalue weighted by molar-refractivity contribution is 6.05. The van der Waals surface area contributed by atoms with E-state index >= 15 is 0 Å². The van der Waals surface area contributed by atoms with Crippen LogP contribution in [-0.4, -0.2) is 23.8 Å². The first-order valence-corrected chi connectivity index (χ1v) is 11.1. The van der Waals surface area contributed by atoms with Gasteiger partial charge in [0.2, 0.25) is 0 Å². The van der Waals surface area contributed by atoms with Gasteiger partial charge in [-0.25, -0.2) is 0 Å². The average molecular weight is 460 g/mol. The summed E-state index contributed by atoms with van der Waals surface area (Å²) in [5.74, 6) is -0.220. The fraction of sp³-hybridized carbons (Fsp3) is 0.222. The lowest BCUT2D eigenvalue weighted by molar-refractivity contribution is -0.128. The second-order valence-corrected chi connectivity index (χ2v) is 8.27. The molecular weight excluding hydrogens is 430 g/mol. The maximum Gasteiger partial charge on any atom is 0.279 e. The third kappa shape index (κ3) is 6.45. The van der Waals surface area contributed by atoms with Gasteiger partial charge in [0.15, 0.2) is 6.10 Å². The van der Waals surface area contributed by atoms with Gasteiger partial charge in [-0.2, -0.15) is 0 Å². The van der Waals surface area contributed by atoms with E-state index < -0.39 is 17.9 Å². The van der Waals surface area contributed by atoms with Gasteiger partial charge < -0.3 is 10.1 Å². The maximum absolute atomic E-state index is 12.4. The first-order chi connectivity index (χ1) is 16.2. The van der Waals surface area contributed by atoms with Crippen LogP contribution in [0.4, 0.5) is 5.69 Å². The Morgan fingerprint density at radius 3 is 2.03 bits per heavy atom. The van der Waals surface area contributed by atoms with E-state index in [1.807, 2.05) is 43.3 Å². The summed E-state index contributed by atoms with van der Waals surface area (Å²) in [6, 6.07) is 21.2. The van der Waals surface area contributed by atoms with E-state index in [0.29, 0.717) is 28.5 Å². The van der Waals surface area contributed by atoms with E-state index in [1.54, 1.807) is 43.3 Å². The SMILES string of the molecule is Cc1ccccc1C(=O)Nc1ccc(C(=O)NNC(=O)C(C)Oc2ccc(C(C)C)cc2)cc1. The Morgan fingerprint density at radius 1 is 0.765 bits per heavy atom. The molecule has 3 amide bonds. The number of amides is 3. The predicted molar refractivity (Wildman–Crippen MR) is 132 cm³/mol. The van der Waals surface area contributed by atoms with Crippen LogP contribution in [0.25, 0.3) is 0 Å². The molecule has 0 aliphatic heterocycles. The van der Waals surface area contributed by atoms with E-state index in [-0.39, 0.29) is 5.91 Å². The predicted octanol–water partition coefficient (Wildman–Crippen LogP) is 4.60. The molecule has 0 radical (unpaired) electrons. The van der Waals surface area contributed by atoms with Crippen LogP contribution in [-0.2, 0) is 4.79 Å². The minimum Gasteiger partial charge on any atom is -0.481 e. The molecule has 3 aromatic carbocycles. The van der Waals surface area contributed by atoms with Crippen LogP contribution < -0.4 is 20.9 Å². The zero-order valence-electron chi connectivity index (χ0n) is 19.7. The van der Waals surface area contributed by atoms with Gasteiger partial charge in [-0.15, -0.1) is 0 Å². The van der Waals surface area contributed by atoms with Gasteiger partial charge in [-0.3, -0.25) is 25.2 Å². The van der Waals surface area contributed by atoms with E-state index in [0.717, 1.165) is 5.56 Å². The number of hydrogen-bond acceptors (Lipinski definition) is 4. The van der Waals surface area contributed by atoms with Crippen LogP contribution >= 0.6 is 0 Å². The van der Waals surface area contributed by atoms with Gasteiger partial charge in [0.05, 0.1) is 0 Å². The Balaban J connectivity index is 1.49. The molecule has 3 N–H and O–H groups in total. The normalized spacial score (nSPS) is 11.4. The fourth-order valence-electron chi connectivity index (χ4n) is 3.21. The van der Waals surface area contributed by atoms with Crippen molar-refractivity contribution in [2.75, 3.05) is 5.32 Å². The summed E-state index contributed by atoms with van der Waals surface area (Å²) in [6.45, 7) is 7.67. The molecular formula is C27H29N3O4. The third-order valence-electron chi connectivity index (χ3n) is 5.32. The topological polar surface area (TPSA) is 96.5 Å². The van der Waals surface area contributed by atoms with E-state index in [1.165, 1.54) is 5.56 Å². The van der Waals surface area contributed by atoms with Crippen LogP contribution in [0.1, 0.15) is 58.5 Å². The van der Waals surface area contributed by atoms with Crippen LogP contribution in [0.3, 0.4) is 0 Å². The first kappa shape index (κ1) is 24.5. The van der Waals surface area contributed by atoms with Crippen molar-refractivity contribution < 1.29 is 19.1 Å². The lowest BCUT2D eigenvalue weighted by atomic mass is 10.0.